The molecule has 0 radical (unpaired) electrons. The Morgan fingerprint density at radius 3 is 3.00 bits per heavy atom. The fraction of sp³-hybridized carbons (Fsp3) is 0.267. The molecule has 4 N–H and O–H groups in total. The lowest BCUT2D eigenvalue weighted by molar-refractivity contribution is 0.256. The quantitative estimate of drug-likeness (QED) is 0.891. The van der Waals surface area contributed by atoms with Crippen LogP contribution in [-0.4, -0.2) is 11.6 Å². The standard InChI is InChI=1S/C15H16ClN3O/c16-9-7-12(15(18)19-8-9)14(17)11-5-6-20-13-4-2-1-3-10(11)13/h1-4,7-8,11,14H,5-6,17H2,(H2,18,19). The summed E-state index contributed by atoms with van der Waals surface area (Å²) in [5, 5.41) is 0.546. The molecule has 1 aliphatic rings. The summed E-state index contributed by atoms with van der Waals surface area (Å²) in [6.45, 7) is 0.656. The average molecular weight is 290 g/mol. The number of hydrogen-bond acceptors (Lipinski definition) is 4. The van der Waals surface area contributed by atoms with Crippen LogP contribution in [0.2, 0.25) is 5.02 Å². The van der Waals surface area contributed by atoms with E-state index >= 15 is 0 Å². The van der Waals surface area contributed by atoms with Gasteiger partial charge in [0.1, 0.15) is 11.6 Å². The molecule has 2 atom stereocenters. The summed E-state index contributed by atoms with van der Waals surface area (Å²) in [6.07, 6.45) is 2.38. The van der Waals surface area contributed by atoms with Gasteiger partial charge in [-0.3, -0.25) is 0 Å². The zero-order valence-electron chi connectivity index (χ0n) is 10.9. The SMILES string of the molecule is Nc1ncc(Cl)cc1C(N)C1CCOc2ccccc21. The molecule has 1 aromatic heterocycles. The maximum Gasteiger partial charge on any atom is 0.128 e. The Kier molecular flexibility index (Phi) is 3.51. The van der Waals surface area contributed by atoms with E-state index in [-0.39, 0.29) is 12.0 Å². The minimum Gasteiger partial charge on any atom is -0.493 e. The first-order chi connectivity index (χ1) is 9.66. The highest BCUT2D eigenvalue weighted by atomic mass is 35.5. The summed E-state index contributed by atoms with van der Waals surface area (Å²) in [6, 6.07) is 9.52. The molecule has 2 heterocycles. The molecule has 2 aromatic rings. The Morgan fingerprint density at radius 2 is 2.15 bits per heavy atom. The van der Waals surface area contributed by atoms with E-state index in [0.29, 0.717) is 17.4 Å². The number of nitrogens with two attached hydrogens (primary N) is 2. The minimum absolute atomic E-state index is 0.155. The van der Waals surface area contributed by atoms with Gasteiger partial charge in [-0.25, -0.2) is 4.98 Å². The summed E-state index contributed by atoms with van der Waals surface area (Å²) < 4.78 is 5.67. The second-order valence-electron chi connectivity index (χ2n) is 4.94. The summed E-state index contributed by atoms with van der Waals surface area (Å²) in [7, 11) is 0. The van der Waals surface area contributed by atoms with E-state index in [1.54, 1.807) is 6.07 Å². The maximum atomic E-state index is 6.42. The van der Waals surface area contributed by atoms with Crippen molar-refractivity contribution in [1.29, 1.82) is 0 Å². The lowest BCUT2D eigenvalue weighted by Crippen LogP contribution is -2.26. The molecule has 0 amide bonds. The lowest BCUT2D eigenvalue weighted by Gasteiger charge is -2.30. The van der Waals surface area contributed by atoms with Crippen molar-refractivity contribution in [2.45, 2.75) is 18.4 Å². The number of anilines is 1. The zero-order valence-corrected chi connectivity index (χ0v) is 11.7. The van der Waals surface area contributed by atoms with Gasteiger partial charge < -0.3 is 16.2 Å². The smallest absolute Gasteiger partial charge is 0.128 e. The van der Waals surface area contributed by atoms with E-state index in [2.05, 4.69) is 4.98 Å². The van der Waals surface area contributed by atoms with Crippen molar-refractivity contribution in [2.75, 3.05) is 12.3 Å². The van der Waals surface area contributed by atoms with Crippen molar-refractivity contribution < 1.29 is 4.74 Å². The molecular formula is C15H16ClN3O. The van der Waals surface area contributed by atoms with Gasteiger partial charge in [0.2, 0.25) is 0 Å². The Labute approximate surface area is 122 Å². The van der Waals surface area contributed by atoms with Crippen LogP contribution in [0, 0.1) is 0 Å². The number of fused-ring (bicyclic) bond motifs is 1. The molecule has 0 spiro atoms. The second kappa shape index (κ2) is 5.31. The van der Waals surface area contributed by atoms with Gasteiger partial charge in [-0.2, -0.15) is 0 Å². The van der Waals surface area contributed by atoms with Crippen molar-refractivity contribution in [2.24, 2.45) is 5.73 Å². The Bertz CT molecular complexity index is 632. The number of nitrogens with zero attached hydrogens (tertiary/aromatic N) is 1. The summed E-state index contributed by atoms with van der Waals surface area (Å²) >= 11 is 6.00. The van der Waals surface area contributed by atoms with Crippen LogP contribution < -0.4 is 16.2 Å². The third kappa shape index (κ3) is 2.32. The molecule has 3 rings (SSSR count). The van der Waals surface area contributed by atoms with Crippen LogP contribution in [0.5, 0.6) is 5.75 Å². The molecule has 1 aliphatic heterocycles. The molecule has 20 heavy (non-hydrogen) atoms. The second-order valence-corrected chi connectivity index (χ2v) is 5.37. The third-order valence-corrected chi connectivity index (χ3v) is 3.92. The lowest BCUT2D eigenvalue weighted by atomic mass is 9.84. The van der Waals surface area contributed by atoms with Crippen molar-refractivity contribution in [3.8, 4) is 5.75 Å². The predicted molar refractivity (Wildman–Crippen MR) is 79.9 cm³/mol. The highest BCUT2D eigenvalue weighted by molar-refractivity contribution is 6.30. The monoisotopic (exact) mass is 289 g/mol. The molecule has 1 aromatic carbocycles. The number of ether oxygens (including phenoxy) is 1. The van der Waals surface area contributed by atoms with E-state index in [4.69, 9.17) is 27.8 Å². The average Bonchev–Trinajstić information content (AvgIpc) is 2.48. The van der Waals surface area contributed by atoms with Crippen molar-refractivity contribution in [1.82, 2.24) is 4.98 Å². The number of hydrogen-bond donors (Lipinski definition) is 2. The van der Waals surface area contributed by atoms with Gasteiger partial charge in [0.05, 0.1) is 11.6 Å². The van der Waals surface area contributed by atoms with E-state index in [0.717, 1.165) is 23.3 Å². The number of benzene rings is 1. The molecule has 0 bridgehead atoms. The van der Waals surface area contributed by atoms with E-state index in [1.165, 1.54) is 6.20 Å². The normalized spacial score (nSPS) is 19.0. The van der Waals surface area contributed by atoms with Gasteiger partial charge in [-0.1, -0.05) is 29.8 Å². The van der Waals surface area contributed by atoms with Crippen molar-refractivity contribution >= 4 is 17.4 Å². The van der Waals surface area contributed by atoms with Gasteiger partial charge in [-0.05, 0) is 24.1 Å². The summed E-state index contributed by atoms with van der Waals surface area (Å²) in [4.78, 5) is 4.09. The summed E-state index contributed by atoms with van der Waals surface area (Å²) in [5.41, 5.74) is 14.3. The fourth-order valence-corrected chi connectivity index (χ4v) is 2.86. The van der Waals surface area contributed by atoms with Crippen LogP contribution in [0.1, 0.15) is 29.5 Å². The van der Waals surface area contributed by atoms with Gasteiger partial charge >= 0.3 is 0 Å². The molecule has 2 unspecified atom stereocenters. The zero-order chi connectivity index (χ0) is 14.1. The van der Waals surface area contributed by atoms with Gasteiger partial charge in [0, 0.05) is 23.7 Å². The topological polar surface area (TPSA) is 74.2 Å². The first-order valence-electron chi connectivity index (χ1n) is 6.55. The van der Waals surface area contributed by atoms with Crippen LogP contribution in [-0.2, 0) is 0 Å². The number of para-hydroxylation sites is 1. The highest BCUT2D eigenvalue weighted by Gasteiger charge is 2.29. The molecule has 0 fully saturated rings. The van der Waals surface area contributed by atoms with Gasteiger partial charge in [-0.15, -0.1) is 0 Å². The Hall–Kier alpha value is -1.78. The van der Waals surface area contributed by atoms with Crippen LogP contribution >= 0.6 is 11.6 Å². The first-order valence-corrected chi connectivity index (χ1v) is 6.93. The first kappa shape index (κ1) is 13.2. The molecule has 104 valence electrons. The maximum absolute atomic E-state index is 6.42. The largest absolute Gasteiger partial charge is 0.493 e. The van der Waals surface area contributed by atoms with Gasteiger partial charge in [0.15, 0.2) is 0 Å². The van der Waals surface area contributed by atoms with Crippen molar-refractivity contribution in [3.63, 3.8) is 0 Å². The Morgan fingerprint density at radius 1 is 1.35 bits per heavy atom. The van der Waals surface area contributed by atoms with E-state index in [9.17, 15) is 0 Å². The number of halogens is 1. The van der Waals surface area contributed by atoms with Gasteiger partial charge in [0.25, 0.3) is 0 Å². The predicted octanol–water partition coefficient (Wildman–Crippen LogP) is 2.88. The molecule has 0 aliphatic carbocycles. The Balaban J connectivity index is 1.99. The summed E-state index contributed by atoms with van der Waals surface area (Å²) in [5.74, 6) is 1.49. The van der Waals surface area contributed by atoms with Crippen molar-refractivity contribution in [3.05, 3.63) is 52.7 Å². The molecule has 0 saturated heterocycles. The molecule has 0 saturated carbocycles. The number of pyridine rings is 1. The van der Waals surface area contributed by atoms with Crippen LogP contribution in [0.4, 0.5) is 5.82 Å². The highest BCUT2D eigenvalue weighted by Crippen LogP contribution is 2.41. The minimum atomic E-state index is -0.244. The number of nitrogen functional groups attached to an aromatic ring is 1. The fourth-order valence-electron chi connectivity index (χ4n) is 2.69. The van der Waals surface area contributed by atoms with Crippen LogP contribution in [0.25, 0.3) is 0 Å². The van der Waals surface area contributed by atoms with E-state index < -0.39 is 0 Å². The third-order valence-electron chi connectivity index (χ3n) is 3.71. The number of aromatic nitrogens is 1. The molecule has 5 heteroatoms. The van der Waals surface area contributed by atoms with Crippen LogP contribution in [0.15, 0.2) is 36.5 Å². The van der Waals surface area contributed by atoms with Crippen LogP contribution in [0.3, 0.4) is 0 Å². The van der Waals surface area contributed by atoms with E-state index in [1.807, 2.05) is 24.3 Å². The molecule has 4 nitrogen and oxygen atoms in total. The molecular weight excluding hydrogens is 274 g/mol. The number of rotatable bonds is 2.